The second kappa shape index (κ2) is 5.68. The number of hydrogen-bond acceptors (Lipinski definition) is 4. The van der Waals surface area contributed by atoms with Crippen molar-refractivity contribution in [3.63, 3.8) is 0 Å². The lowest BCUT2D eigenvalue weighted by Gasteiger charge is -2.19. The number of carbonyl (C=O) groups is 1. The van der Waals surface area contributed by atoms with Gasteiger partial charge in [-0.1, -0.05) is 6.92 Å². The summed E-state index contributed by atoms with van der Waals surface area (Å²) < 4.78 is 5.24. The van der Waals surface area contributed by atoms with Crippen molar-refractivity contribution < 1.29 is 9.21 Å². The summed E-state index contributed by atoms with van der Waals surface area (Å²) in [6.45, 7) is 5.32. The maximum Gasteiger partial charge on any atom is 0.257 e. The minimum atomic E-state index is 0.0417. The van der Waals surface area contributed by atoms with Crippen molar-refractivity contribution in [3.05, 3.63) is 46.9 Å². The van der Waals surface area contributed by atoms with E-state index in [0.29, 0.717) is 24.4 Å². The smallest absolute Gasteiger partial charge is 0.257 e. The van der Waals surface area contributed by atoms with E-state index in [1.807, 2.05) is 11.8 Å². The molecule has 0 bridgehead atoms. The van der Waals surface area contributed by atoms with Gasteiger partial charge in [0, 0.05) is 30.9 Å². The molecule has 5 nitrogen and oxygen atoms in total. The Morgan fingerprint density at radius 1 is 1.33 bits per heavy atom. The number of nitrogens with zero attached hydrogens (tertiary/aromatic N) is 3. The molecule has 1 aliphatic heterocycles. The van der Waals surface area contributed by atoms with Gasteiger partial charge in [0.05, 0.1) is 11.8 Å². The van der Waals surface area contributed by atoms with E-state index in [1.165, 1.54) is 5.56 Å². The number of aromatic nitrogens is 2. The van der Waals surface area contributed by atoms with E-state index in [2.05, 4.69) is 16.9 Å². The van der Waals surface area contributed by atoms with E-state index in [0.717, 1.165) is 30.7 Å². The minimum Gasteiger partial charge on any atom is -0.469 e. The second-order valence-corrected chi connectivity index (χ2v) is 5.28. The average Bonchev–Trinajstić information content (AvgIpc) is 2.81. The van der Waals surface area contributed by atoms with Crippen LogP contribution in [0.5, 0.6) is 0 Å². The molecule has 0 saturated heterocycles. The summed E-state index contributed by atoms with van der Waals surface area (Å²) in [6, 6.07) is 1.74. The Labute approximate surface area is 124 Å². The standard InChI is InChI=1S/C16H19N3O2/c1-3-14-13-4-7-19(8-5-15(13)18-10-17-14)16(20)12-6-9-21-11(12)2/h6,9-10H,3-5,7-8H2,1-2H3. The molecular formula is C16H19N3O2. The van der Waals surface area contributed by atoms with Gasteiger partial charge in [0.2, 0.25) is 0 Å². The molecule has 3 rings (SSSR count). The molecule has 0 saturated carbocycles. The predicted molar refractivity (Wildman–Crippen MR) is 78.2 cm³/mol. The Balaban J connectivity index is 1.82. The summed E-state index contributed by atoms with van der Waals surface area (Å²) in [5.41, 5.74) is 4.07. The van der Waals surface area contributed by atoms with Crippen LogP contribution in [-0.2, 0) is 19.3 Å². The normalized spacial score (nSPS) is 14.7. The highest BCUT2D eigenvalue weighted by Crippen LogP contribution is 2.19. The summed E-state index contributed by atoms with van der Waals surface area (Å²) in [4.78, 5) is 23.2. The van der Waals surface area contributed by atoms with Crippen molar-refractivity contribution in [3.8, 4) is 0 Å². The number of carbonyl (C=O) groups excluding carboxylic acids is 1. The Morgan fingerprint density at radius 3 is 2.86 bits per heavy atom. The number of hydrogen-bond donors (Lipinski definition) is 0. The highest BCUT2D eigenvalue weighted by Gasteiger charge is 2.23. The first kappa shape index (κ1) is 13.8. The van der Waals surface area contributed by atoms with Gasteiger partial charge in [0.25, 0.3) is 5.91 Å². The highest BCUT2D eigenvalue weighted by molar-refractivity contribution is 5.95. The van der Waals surface area contributed by atoms with Crippen molar-refractivity contribution in [2.75, 3.05) is 13.1 Å². The van der Waals surface area contributed by atoms with Gasteiger partial charge in [0.15, 0.2) is 0 Å². The second-order valence-electron chi connectivity index (χ2n) is 5.28. The average molecular weight is 285 g/mol. The number of aryl methyl sites for hydroxylation is 2. The van der Waals surface area contributed by atoms with Gasteiger partial charge in [-0.3, -0.25) is 4.79 Å². The molecule has 0 radical (unpaired) electrons. The fourth-order valence-corrected chi connectivity index (χ4v) is 2.88. The van der Waals surface area contributed by atoms with Crippen LogP contribution in [0.1, 0.15) is 40.0 Å². The van der Waals surface area contributed by atoms with Gasteiger partial charge in [-0.15, -0.1) is 0 Å². The molecule has 0 spiro atoms. The highest BCUT2D eigenvalue weighted by atomic mass is 16.3. The molecule has 5 heteroatoms. The number of rotatable bonds is 2. The molecule has 3 heterocycles. The zero-order valence-corrected chi connectivity index (χ0v) is 12.4. The Kier molecular flexibility index (Phi) is 3.73. The van der Waals surface area contributed by atoms with Gasteiger partial charge in [0.1, 0.15) is 12.1 Å². The maximum absolute atomic E-state index is 12.6. The van der Waals surface area contributed by atoms with Gasteiger partial charge < -0.3 is 9.32 Å². The minimum absolute atomic E-state index is 0.0417. The molecule has 21 heavy (non-hydrogen) atoms. The van der Waals surface area contributed by atoms with Crippen LogP contribution in [-0.4, -0.2) is 33.9 Å². The number of fused-ring (bicyclic) bond motifs is 1. The van der Waals surface area contributed by atoms with E-state index in [-0.39, 0.29) is 5.91 Å². The van der Waals surface area contributed by atoms with Crippen molar-refractivity contribution in [2.24, 2.45) is 0 Å². The number of amides is 1. The van der Waals surface area contributed by atoms with Crippen molar-refractivity contribution in [1.82, 2.24) is 14.9 Å². The van der Waals surface area contributed by atoms with Crippen LogP contribution in [0.3, 0.4) is 0 Å². The molecule has 110 valence electrons. The van der Waals surface area contributed by atoms with Crippen LogP contribution < -0.4 is 0 Å². The van der Waals surface area contributed by atoms with Crippen LogP contribution in [0, 0.1) is 6.92 Å². The van der Waals surface area contributed by atoms with E-state index >= 15 is 0 Å². The number of furan rings is 1. The molecule has 0 aliphatic carbocycles. The lowest BCUT2D eigenvalue weighted by Crippen LogP contribution is -2.33. The Morgan fingerprint density at radius 2 is 2.14 bits per heavy atom. The van der Waals surface area contributed by atoms with Crippen molar-refractivity contribution in [2.45, 2.75) is 33.1 Å². The predicted octanol–water partition coefficient (Wildman–Crippen LogP) is 2.18. The monoisotopic (exact) mass is 285 g/mol. The van der Waals surface area contributed by atoms with E-state index < -0.39 is 0 Å². The van der Waals surface area contributed by atoms with Gasteiger partial charge in [-0.2, -0.15) is 0 Å². The zero-order chi connectivity index (χ0) is 14.8. The lowest BCUT2D eigenvalue weighted by molar-refractivity contribution is 0.0761. The topological polar surface area (TPSA) is 59.2 Å². The molecule has 1 amide bonds. The van der Waals surface area contributed by atoms with Crippen molar-refractivity contribution in [1.29, 1.82) is 0 Å². The summed E-state index contributed by atoms with van der Waals surface area (Å²) in [5, 5.41) is 0. The molecule has 0 unspecified atom stereocenters. The maximum atomic E-state index is 12.6. The fourth-order valence-electron chi connectivity index (χ4n) is 2.88. The van der Waals surface area contributed by atoms with Crippen molar-refractivity contribution >= 4 is 5.91 Å². The third kappa shape index (κ3) is 2.55. The first-order valence-corrected chi connectivity index (χ1v) is 7.35. The molecule has 2 aromatic heterocycles. The Bertz CT molecular complexity index is 663. The van der Waals surface area contributed by atoms with Crippen LogP contribution in [0.4, 0.5) is 0 Å². The summed E-state index contributed by atoms with van der Waals surface area (Å²) in [5.74, 6) is 0.718. The summed E-state index contributed by atoms with van der Waals surface area (Å²) in [7, 11) is 0. The molecule has 0 N–H and O–H groups in total. The van der Waals surface area contributed by atoms with Crippen LogP contribution in [0.15, 0.2) is 23.1 Å². The zero-order valence-electron chi connectivity index (χ0n) is 12.4. The first-order chi connectivity index (χ1) is 10.2. The molecule has 0 aromatic carbocycles. The third-order valence-electron chi connectivity index (χ3n) is 4.09. The third-order valence-corrected chi connectivity index (χ3v) is 4.09. The fraction of sp³-hybridized carbons (Fsp3) is 0.438. The molecule has 0 atom stereocenters. The summed E-state index contributed by atoms with van der Waals surface area (Å²) >= 11 is 0. The van der Waals surface area contributed by atoms with E-state index in [1.54, 1.807) is 18.7 Å². The van der Waals surface area contributed by atoms with Crippen LogP contribution in [0.2, 0.25) is 0 Å². The molecular weight excluding hydrogens is 266 g/mol. The largest absolute Gasteiger partial charge is 0.469 e. The summed E-state index contributed by atoms with van der Waals surface area (Å²) in [6.07, 6.45) is 5.71. The first-order valence-electron chi connectivity index (χ1n) is 7.35. The van der Waals surface area contributed by atoms with E-state index in [4.69, 9.17) is 4.42 Å². The molecule has 1 aliphatic rings. The van der Waals surface area contributed by atoms with Gasteiger partial charge in [-0.05, 0) is 31.4 Å². The van der Waals surface area contributed by atoms with Gasteiger partial charge >= 0.3 is 0 Å². The van der Waals surface area contributed by atoms with Gasteiger partial charge in [-0.25, -0.2) is 9.97 Å². The van der Waals surface area contributed by atoms with Crippen LogP contribution in [0.25, 0.3) is 0 Å². The van der Waals surface area contributed by atoms with E-state index in [9.17, 15) is 4.79 Å². The van der Waals surface area contributed by atoms with Crippen LogP contribution >= 0.6 is 0 Å². The SMILES string of the molecule is CCc1ncnc2c1CCN(C(=O)c1ccoc1C)CC2. The Hall–Kier alpha value is -2.17. The lowest BCUT2D eigenvalue weighted by atomic mass is 10.1. The quantitative estimate of drug-likeness (QED) is 0.848. The molecule has 2 aromatic rings. The molecule has 0 fully saturated rings.